The van der Waals surface area contributed by atoms with Gasteiger partial charge >= 0.3 is 0 Å². The average molecular weight is 263 g/mol. The fourth-order valence-electron chi connectivity index (χ4n) is 1.94. The second-order valence-corrected chi connectivity index (χ2v) is 5.98. The highest BCUT2D eigenvalue weighted by Gasteiger charge is 2.07. The second-order valence-electron chi connectivity index (χ2n) is 5.60. The van der Waals surface area contributed by atoms with E-state index in [1.165, 1.54) is 45.3 Å². The van der Waals surface area contributed by atoms with Gasteiger partial charge in [0.05, 0.1) is 0 Å². The summed E-state index contributed by atoms with van der Waals surface area (Å²) in [4.78, 5) is 4.87. The Bertz CT molecular complexity index is 160. The number of rotatable bonds is 11. The van der Waals surface area contributed by atoms with E-state index in [1.54, 1.807) is 0 Å². The number of halogens is 1. The molecule has 0 spiro atoms. The van der Waals surface area contributed by atoms with Crippen LogP contribution in [0.5, 0.6) is 0 Å². The van der Waals surface area contributed by atoms with Crippen LogP contribution in [0.1, 0.15) is 39.5 Å². The smallest absolute Gasteiger partial charge is 0.0223 e. The molecular formula is C14H31ClN2. The quantitative estimate of drug-likeness (QED) is 0.416. The molecule has 17 heavy (non-hydrogen) atoms. The van der Waals surface area contributed by atoms with Crippen LogP contribution in [-0.4, -0.2) is 56.0 Å². The van der Waals surface area contributed by atoms with E-state index in [0.29, 0.717) is 0 Å². The maximum Gasteiger partial charge on any atom is 0.0223 e. The molecule has 0 unspecified atom stereocenters. The Morgan fingerprint density at radius 2 is 1.53 bits per heavy atom. The van der Waals surface area contributed by atoms with Crippen molar-refractivity contribution in [3.05, 3.63) is 0 Å². The molecular weight excluding hydrogens is 232 g/mol. The van der Waals surface area contributed by atoms with Gasteiger partial charge in [0.1, 0.15) is 0 Å². The highest BCUT2D eigenvalue weighted by atomic mass is 35.5. The Balaban J connectivity index is 3.69. The molecule has 2 nitrogen and oxygen atoms in total. The third-order valence-corrected chi connectivity index (χ3v) is 3.11. The van der Waals surface area contributed by atoms with Gasteiger partial charge in [-0.3, -0.25) is 0 Å². The van der Waals surface area contributed by atoms with E-state index >= 15 is 0 Å². The summed E-state index contributed by atoms with van der Waals surface area (Å²) >= 11 is 5.68. The molecule has 0 aromatic carbocycles. The normalized spacial score (nSPS) is 12.0. The summed E-state index contributed by atoms with van der Waals surface area (Å²) in [5.74, 6) is 1.58. The summed E-state index contributed by atoms with van der Waals surface area (Å²) in [6, 6.07) is 0. The minimum Gasteiger partial charge on any atom is -0.308 e. The molecule has 0 amide bonds. The van der Waals surface area contributed by atoms with Gasteiger partial charge in [0.25, 0.3) is 0 Å². The van der Waals surface area contributed by atoms with Gasteiger partial charge in [-0.1, -0.05) is 26.7 Å². The van der Waals surface area contributed by atoms with E-state index in [-0.39, 0.29) is 0 Å². The summed E-state index contributed by atoms with van der Waals surface area (Å²) in [5, 5.41) is 0. The molecule has 0 aromatic rings. The Morgan fingerprint density at radius 1 is 0.882 bits per heavy atom. The molecule has 0 atom stereocenters. The lowest BCUT2D eigenvalue weighted by Crippen LogP contribution is -2.35. The zero-order valence-corrected chi connectivity index (χ0v) is 13.0. The van der Waals surface area contributed by atoms with E-state index < -0.39 is 0 Å². The van der Waals surface area contributed by atoms with Crippen molar-refractivity contribution in [3.63, 3.8) is 0 Å². The van der Waals surface area contributed by atoms with Gasteiger partial charge in [-0.15, -0.1) is 11.6 Å². The number of hydrogen-bond donors (Lipinski definition) is 0. The minimum atomic E-state index is 0.764. The van der Waals surface area contributed by atoms with Crippen molar-refractivity contribution >= 4 is 11.6 Å². The van der Waals surface area contributed by atoms with Gasteiger partial charge in [0.15, 0.2) is 0 Å². The highest BCUT2D eigenvalue weighted by molar-refractivity contribution is 6.17. The Hall–Kier alpha value is 0.210. The topological polar surface area (TPSA) is 6.48 Å². The Morgan fingerprint density at radius 3 is 2.06 bits per heavy atom. The van der Waals surface area contributed by atoms with Gasteiger partial charge in [0.2, 0.25) is 0 Å². The number of nitrogens with zero attached hydrogens (tertiary/aromatic N) is 2. The van der Waals surface area contributed by atoms with Crippen LogP contribution in [0.2, 0.25) is 0 Å². The predicted octanol–water partition coefficient (Wildman–Crippen LogP) is 3.31. The molecule has 0 bridgehead atoms. The van der Waals surface area contributed by atoms with Gasteiger partial charge in [-0.25, -0.2) is 0 Å². The van der Waals surface area contributed by atoms with Gasteiger partial charge in [0, 0.05) is 25.5 Å². The first kappa shape index (κ1) is 17.2. The Kier molecular flexibility index (Phi) is 11.4. The van der Waals surface area contributed by atoms with Crippen molar-refractivity contribution < 1.29 is 0 Å². The number of alkyl halides is 1. The van der Waals surface area contributed by atoms with Crippen LogP contribution in [0.4, 0.5) is 0 Å². The Labute approximate surface area is 113 Å². The lowest BCUT2D eigenvalue weighted by Gasteiger charge is -2.25. The average Bonchev–Trinajstić information content (AvgIpc) is 2.24. The molecule has 0 aliphatic rings. The van der Waals surface area contributed by atoms with Crippen LogP contribution in [-0.2, 0) is 0 Å². The summed E-state index contributed by atoms with van der Waals surface area (Å²) < 4.78 is 0. The molecule has 0 N–H and O–H groups in total. The third kappa shape index (κ3) is 12.5. The van der Waals surface area contributed by atoms with Crippen molar-refractivity contribution in [2.24, 2.45) is 5.92 Å². The fourth-order valence-corrected chi connectivity index (χ4v) is 2.12. The number of hydrogen-bond acceptors (Lipinski definition) is 2. The van der Waals surface area contributed by atoms with Gasteiger partial charge in [-0.05, 0) is 39.4 Å². The zero-order valence-electron chi connectivity index (χ0n) is 12.2. The largest absolute Gasteiger partial charge is 0.308 e. The van der Waals surface area contributed by atoms with Crippen molar-refractivity contribution in [3.8, 4) is 0 Å². The molecule has 0 aromatic heterocycles. The van der Waals surface area contributed by atoms with Crippen LogP contribution >= 0.6 is 11.6 Å². The zero-order chi connectivity index (χ0) is 13.1. The maximum atomic E-state index is 5.68. The molecule has 0 aliphatic heterocycles. The van der Waals surface area contributed by atoms with Crippen LogP contribution in [0, 0.1) is 5.92 Å². The predicted molar refractivity (Wildman–Crippen MR) is 79.0 cm³/mol. The lowest BCUT2D eigenvalue weighted by atomic mass is 10.1. The van der Waals surface area contributed by atoms with Crippen molar-refractivity contribution in [2.45, 2.75) is 39.5 Å². The van der Waals surface area contributed by atoms with Crippen LogP contribution in [0.15, 0.2) is 0 Å². The van der Waals surface area contributed by atoms with Crippen LogP contribution < -0.4 is 0 Å². The first-order valence-electron chi connectivity index (χ1n) is 6.99. The maximum absolute atomic E-state index is 5.68. The minimum absolute atomic E-state index is 0.764. The van der Waals surface area contributed by atoms with Crippen LogP contribution in [0.3, 0.4) is 0 Å². The van der Waals surface area contributed by atoms with E-state index in [2.05, 4.69) is 37.7 Å². The monoisotopic (exact) mass is 262 g/mol. The van der Waals surface area contributed by atoms with Crippen LogP contribution in [0.25, 0.3) is 0 Å². The van der Waals surface area contributed by atoms with E-state index in [4.69, 9.17) is 11.6 Å². The number of unbranched alkanes of at least 4 members (excludes halogenated alkanes) is 3. The lowest BCUT2D eigenvalue weighted by molar-refractivity contribution is 0.215. The molecule has 104 valence electrons. The van der Waals surface area contributed by atoms with Gasteiger partial charge in [-0.2, -0.15) is 0 Å². The molecule has 0 fully saturated rings. The van der Waals surface area contributed by atoms with E-state index in [9.17, 15) is 0 Å². The van der Waals surface area contributed by atoms with Crippen molar-refractivity contribution in [1.82, 2.24) is 9.80 Å². The molecule has 0 rings (SSSR count). The third-order valence-electron chi connectivity index (χ3n) is 2.84. The molecule has 0 aliphatic carbocycles. The van der Waals surface area contributed by atoms with Crippen molar-refractivity contribution in [2.75, 3.05) is 46.2 Å². The number of likely N-dealkylation sites (N-methyl/N-ethyl adjacent to an activating group) is 1. The van der Waals surface area contributed by atoms with Gasteiger partial charge < -0.3 is 9.80 Å². The summed E-state index contributed by atoms with van der Waals surface area (Å²) in [6.07, 6.45) is 5.09. The van der Waals surface area contributed by atoms with Crippen molar-refractivity contribution in [1.29, 1.82) is 0 Å². The molecule has 0 heterocycles. The van der Waals surface area contributed by atoms with E-state index in [0.717, 1.165) is 18.3 Å². The molecule has 0 saturated heterocycles. The summed E-state index contributed by atoms with van der Waals surface area (Å²) in [7, 11) is 4.29. The SMILES string of the molecule is CC(C)CN(CCCCCCCl)CCN(C)C. The summed E-state index contributed by atoms with van der Waals surface area (Å²) in [5.41, 5.74) is 0. The molecule has 0 saturated carbocycles. The van der Waals surface area contributed by atoms with E-state index in [1.807, 2.05) is 0 Å². The first-order valence-corrected chi connectivity index (χ1v) is 7.52. The first-order chi connectivity index (χ1) is 8.06. The highest BCUT2D eigenvalue weighted by Crippen LogP contribution is 2.05. The molecule has 0 radical (unpaired) electrons. The molecule has 3 heteroatoms. The summed E-state index contributed by atoms with van der Waals surface area (Å²) in [6.45, 7) is 9.43. The standard InChI is InChI=1S/C14H31ClN2/c1-14(2)13-17(12-11-16(3)4)10-8-6-5-7-9-15/h14H,5-13H2,1-4H3. The fraction of sp³-hybridized carbons (Fsp3) is 1.00. The second kappa shape index (κ2) is 11.3.